The van der Waals surface area contributed by atoms with E-state index in [1.165, 1.54) is 5.56 Å². The Hall–Kier alpha value is -1.58. The fraction of sp³-hybridized carbons (Fsp3) is 0.389. The van der Waals surface area contributed by atoms with Crippen molar-refractivity contribution in [2.45, 2.75) is 26.3 Å². The van der Waals surface area contributed by atoms with Gasteiger partial charge in [-0.1, -0.05) is 42.8 Å². The van der Waals surface area contributed by atoms with Gasteiger partial charge in [-0.3, -0.25) is 4.79 Å². The van der Waals surface area contributed by atoms with Gasteiger partial charge in [0, 0.05) is 23.3 Å². The molecule has 1 aliphatic heterocycles. The Kier molecular flexibility index (Phi) is 4.11. The van der Waals surface area contributed by atoms with Crippen LogP contribution in [0.25, 0.3) is 0 Å². The summed E-state index contributed by atoms with van der Waals surface area (Å²) in [5.41, 5.74) is 9.28. The lowest BCUT2D eigenvalue weighted by molar-refractivity contribution is -0.121. The summed E-state index contributed by atoms with van der Waals surface area (Å²) in [4.78, 5) is 14.8. The summed E-state index contributed by atoms with van der Waals surface area (Å²) in [6.07, 6.45) is 6.61. The topological polar surface area (TPSA) is 46.3 Å². The van der Waals surface area contributed by atoms with Crippen molar-refractivity contribution in [2.75, 3.05) is 11.4 Å². The van der Waals surface area contributed by atoms with Gasteiger partial charge in [-0.25, -0.2) is 0 Å². The maximum Gasteiger partial charge on any atom is 0.234 e. The van der Waals surface area contributed by atoms with Gasteiger partial charge in [-0.05, 0) is 42.5 Å². The van der Waals surface area contributed by atoms with Crippen LogP contribution in [0, 0.1) is 11.8 Å². The lowest BCUT2D eigenvalue weighted by Gasteiger charge is -2.26. The molecule has 3 atom stereocenters. The molecule has 0 bridgehead atoms. The Bertz CT molecular complexity index is 663. The lowest BCUT2D eigenvalue weighted by Crippen LogP contribution is -2.37. The van der Waals surface area contributed by atoms with Gasteiger partial charge in [0.25, 0.3) is 0 Å². The van der Waals surface area contributed by atoms with Crippen LogP contribution >= 0.6 is 11.6 Å². The number of allylic oxidation sites excluding steroid dienone is 3. The zero-order valence-corrected chi connectivity index (χ0v) is 13.7. The third-order valence-electron chi connectivity index (χ3n) is 4.54. The van der Waals surface area contributed by atoms with E-state index in [9.17, 15) is 4.79 Å². The van der Waals surface area contributed by atoms with E-state index in [1.54, 1.807) is 0 Å². The molecule has 4 heteroatoms. The second kappa shape index (κ2) is 5.90. The SMILES string of the molecule is CC1C=CC(Cl)=CC1C(=O)N1CCc2cc([C@@H](C)N)ccc21. The molecule has 0 spiro atoms. The summed E-state index contributed by atoms with van der Waals surface area (Å²) in [6, 6.07) is 6.18. The van der Waals surface area contributed by atoms with E-state index < -0.39 is 0 Å². The Morgan fingerprint density at radius 1 is 1.45 bits per heavy atom. The van der Waals surface area contributed by atoms with E-state index in [2.05, 4.69) is 13.0 Å². The predicted molar refractivity (Wildman–Crippen MR) is 90.8 cm³/mol. The van der Waals surface area contributed by atoms with E-state index in [-0.39, 0.29) is 23.8 Å². The number of nitrogens with two attached hydrogens (primary N) is 1. The molecule has 2 N–H and O–H groups in total. The summed E-state index contributed by atoms with van der Waals surface area (Å²) in [6.45, 7) is 4.76. The quantitative estimate of drug-likeness (QED) is 0.907. The maximum absolute atomic E-state index is 12.9. The highest BCUT2D eigenvalue weighted by Crippen LogP contribution is 2.34. The van der Waals surface area contributed by atoms with Crippen LogP contribution in [0.2, 0.25) is 0 Å². The number of halogens is 1. The van der Waals surface area contributed by atoms with Crippen molar-refractivity contribution in [3.63, 3.8) is 0 Å². The van der Waals surface area contributed by atoms with Crippen molar-refractivity contribution in [3.05, 3.63) is 52.6 Å². The van der Waals surface area contributed by atoms with E-state index in [4.69, 9.17) is 17.3 Å². The number of amides is 1. The van der Waals surface area contributed by atoms with Gasteiger partial charge in [0.05, 0.1) is 5.92 Å². The van der Waals surface area contributed by atoms with Crippen molar-refractivity contribution in [1.82, 2.24) is 0 Å². The highest BCUT2D eigenvalue weighted by Gasteiger charge is 2.32. The first-order chi connectivity index (χ1) is 10.5. The molecule has 0 saturated carbocycles. The predicted octanol–water partition coefficient (Wildman–Crippen LogP) is 3.54. The number of hydrogen-bond donors (Lipinski definition) is 1. The minimum atomic E-state index is -0.184. The molecular formula is C18H21ClN2O. The van der Waals surface area contributed by atoms with Gasteiger partial charge in [0.15, 0.2) is 0 Å². The fourth-order valence-electron chi connectivity index (χ4n) is 3.15. The number of anilines is 1. The van der Waals surface area contributed by atoms with E-state index in [0.717, 1.165) is 24.2 Å². The first kappa shape index (κ1) is 15.3. The zero-order chi connectivity index (χ0) is 15.9. The summed E-state index contributed by atoms with van der Waals surface area (Å²) < 4.78 is 0. The molecule has 3 nitrogen and oxygen atoms in total. The number of carbonyl (C=O) groups excluding carboxylic acids is 1. The number of fused-ring (bicyclic) bond motifs is 1. The van der Waals surface area contributed by atoms with Crippen LogP contribution in [0.15, 0.2) is 41.5 Å². The highest BCUT2D eigenvalue weighted by atomic mass is 35.5. The molecule has 22 heavy (non-hydrogen) atoms. The largest absolute Gasteiger partial charge is 0.324 e. The monoisotopic (exact) mass is 316 g/mol. The van der Waals surface area contributed by atoms with E-state index >= 15 is 0 Å². The van der Waals surface area contributed by atoms with Crippen LogP contribution in [0.1, 0.15) is 31.0 Å². The van der Waals surface area contributed by atoms with E-state index in [0.29, 0.717) is 5.03 Å². The Balaban J connectivity index is 1.87. The molecule has 3 rings (SSSR count). The average molecular weight is 317 g/mol. The molecule has 2 aliphatic rings. The third-order valence-corrected chi connectivity index (χ3v) is 4.79. The van der Waals surface area contributed by atoms with Crippen molar-refractivity contribution in [1.29, 1.82) is 0 Å². The van der Waals surface area contributed by atoms with Gasteiger partial charge >= 0.3 is 0 Å². The minimum absolute atomic E-state index is 0.0142. The maximum atomic E-state index is 12.9. The van der Waals surface area contributed by atoms with Crippen molar-refractivity contribution < 1.29 is 4.79 Å². The molecule has 1 aromatic rings. The molecular weight excluding hydrogens is 296 g/mol. The van der Waals surface area contributed by atoms with Crippen LogP contribution < -0.4 is 10.6 Å². The Morgan fingerprint density at radius 2 is 2.23 bits per heavy atom. The molecule has 2 unspecified atom stereocenters. The standard InChI is InChI=1S/C18H21ClN2O/c1-11-3-5-15(19)10-16(11)18(22)21-8-7-14-9-13(12(2)20)4-6-17(14)21/h3-6,9-12,16H,7-8,20H2,1-2H3/t11?,12-,16?/m1/s1. The second-order valence-corrected chi connectivity index (χ2v) is 6.65. The summed E-state index contributed by atoms with van der Waals surface area (Å²) >= 11 is 6.07. The number of rotatable bonds is 2. The summed E-state index contributed by atoms with van der Waals surface area (Å²) in [5.74, 6) is 0.112. The Labute approximate surface area is 136 Å². The molecule has 1 heterocycles. The van der Waals surface area contributed by atoms with Crippen LogP contribution in [0.3, 0.4) is 0 Å². The van der Waals surface area contributed by atoms with Crippen LogP contribution in [-0.2, 0) is 11.2 Å². The molecule has 0 fully saturated rings. The second-order valence-electron chi connectivity index (χ2n) is 6.21. The van der Waals surface area contributed by atoms with Crippen LogP contribution in [-0.4, -0.2) is 12.5 Å². The van der Waals surface area contributed by atoms with Crippen molar-refractivity contribution in [3.8, 4) is 0 Å². The third kappa shape index (κ3) is 2.71. The molecule has 1 aromatic carbocycles. The summed E-state index contributed by atoms with van der Waals surface area (Å²) in [7, 11) is 0. The van der Waals surface area contributed by atoms with Gasteiger partial charge in [-0.2, -0.15) is 0 Å². The molecule has 116 valence electrons. The number of carbonyl (C=O) groups is 1. The van der Waals surface area contributed by atoms with Crippen LogP contribution in [0.4, 0.5) is 5.69 Å². The van der Waals surface area contributed by atoms with Crippen molar-refractivity contribution >= 4 is 23.2 Å². The van der Waals surface area contributed by atoms with E-state index in [1.807, 2.05) is 42.2 Å². The van der Waals surface area contributed by atoms with Gasteiger partial charge in [0.1, 0.15) is 0 Å². The number of nitrogens with zero attached hydrogens (tertiary/aromatic N) is 1. The first-order valence-corrected chi connectivity index (χ1v) is 8.10. The smallest absolute Gasteiger partial charge is 0.234 e. The molecule has 1 amide bonds. The molecule has 0 saturated heterocycles. The average Bonchev–Trinajstić information content (AvgIpc) is 2.92. The minimum Gasteiger partial charge on any atom is -0.324 e. The lowest BCUT2D eigenvalue weighted by atomic mass is 9.88. The molecule has 0 aromatic heterocycles. The van der Waals surface area contributed by atoms with Gasteiger partial charge in [-0.15, -0.1) is 0 Å². The highest BCUT2D eigenvalue weighted by molar-refractivity contribution is 6.31. The van der Waals surface area contributed by atoms with Crippen molar-refractivity contribution in [2.24, 2.45) is 17.6 Å². The fourth-order valence-corrected chi connectivity index (χ4v) is 3.36. The number of hydrogen-bond acceptors (Lipinski definition) is 2. The molecule has 0 radical (unpaired) electrons. The molecule has 1 aliphatic carbocycles. The normalized spacial score (nSPS) is 24.9. The van der Waals surface area contributed by atoms with Crippen LogP contribution in [0.5, 0.6) is 0 Å². The summed E-state index contributed by atoms with van der Waals surface area (Å²) in [5, 5.41) is 0.642. The zero-order valence-electron chi connectivity index (χ0n) is 12.9. The van der Waals surface area contributed by atoms with Gasteiger partial charge in [0.2, 0.25) is 5.91 Å². The first-order valence-electron chi connectivity index (χ1n) is 7.72. The van der Waals surface area contributed by atoms with Gasteiger partial charge < -0.3 is 10.6 Å². The Morgan fingerprint density at radius 3 is 2.95 bits per heavy atom. The number of benzene rings is 1.